The summed E-state index contributed by atoms with van der Waals surface area (Å²) in [6, 6.07) is 10.4. The molecular formula is C14H13ClN2O3. The first-order chi connectivity index (χ1) is 9.69. The van der Waals surface area contributed by atoms with Crippen molar-refractivity contribution in [2.75, 3.05) is 19.0 Å². The summed E-state index contributed by atoms with van der Waals surface area (Å²) in [6.07, 6.45) is 1.48. The van der Waals surface area contributed by atoms with Gasteiger partial charge in [0, 0.05) is 0 Å². The third kappa shape index (κ3) is 3.86. The second kappa shape index (κ2) is 6.77. The van der Waals surface area contributed by atoms with E-state index in [9.17, 15) is 4.79 Å². The lowest BCUT2D eigenvalue weighted by atomic mass is 10.3. The van der Waals surface area contributed by atoms with Crippen molar-refractivity contribution < 1.29 is 14.3 Å². The number of carbonyl (C=O) groups is 1. The normalized spacial score (nSPS) is 9.90. The van der Waals surface area contributed by atoms with Crippen molar-refractivity contribution in [3.05, 3.63) is 47.7 Å². The predicted molar refractivity (Wildman–Crippen MR) is 76.4 cm³/mol. The molecule has 1 N–H and O–H groups in total. The Hall–Kier alpha value is -2.27. The number of pyridine rings is 1. The zero-order chi connectivity index (χ0) is 14.4. The molecule has 0 unspecified atom stereocenters. The monoisotopic (exact) mass is 292 g/mol. The molecule has 20 heavy (non-hydrogen) atoms. The van der Waals surface area contributed by atoms with E-state index in [4.69, 9.17) is 21.1 Å². The Morgan fingerprint density at radius 1 is 1.25 bits per heavy atom. The van der Waals surface area contributed by atoms with Crippen molar-refractivity contribution >= 4 is 23.2 Å². The molecular weight excluding hydrogens is 280 g/mol. The number of hydrogen-bond acceptors (Lipinski definition) is 4. The van der Waals surface area contributed by atoms with Crippen LogP contribution in [0.1, 0.15) is 0 Å². The molecule has 0 radical (unpaired) electrons. The van der Waals surface area contributed by atoms with E-state index in [1.54, 1.807) is 37.4 Å². The Morgan fingerprint density at radius 3 is 2.65 bits per heavy atom. The molecule has 1 amide bonds. The molecule has 6 heteroatoms. The van der Waals surface area contributed by atoms with Crippen molar-refractivity contribution in [1.82, 2.24) is 4.98 Å². The highest BCUT2D eigenvalue weighted by Crippen LogP contribution is 2.25. The maximum Gasteiger partial charge on any atom is 0.262 e. The Bertz CT molecular complexity index is 587. The number of hydrogen-bond donors (Lipinski definition) is 1. The van der Waals surface area contributed by atoms with E-state index in [1.165, 1.54) is 6.20 Å². The van der Waals surface area contributed by atoms with Crippen LogP contribution in [0.25, 0.3) is 0 Å². The van der Waals surface area contributed by atoms with Crippen molar-refractivity contribution in [2.24, 2.45) is 0 Å². The first kappa shape index (κ1) is 14.1. The molecule has 1 heterocycles. The fourth-order valence-electron chi connectivity index (χ4n) is 1.53. The van der Waals surface area contributed by atoms with Crippen molar-refractivity contribution in [1.29, 1.82) is 0 Å². The van der Waals surface area contributed by atoms with Gasteiger partial charge in [-0.05, 0) is 24.3 Å². The lowest BCUT2D eigenvalue weighted by Gasteiger charge is -2.10. The van der Waals surface area contributed by atoms with Gasteiger partial charge in [-0.15, -0.1) is 0 Å². The first-order valence-electron chi connectivity index (χ1n) is 5.86. The summed E-state index contributed by atoms with van der Waals surface area (Å²) in [4.78, 5) is 15.6. The lowest BCUT2D eigenvalue weighted by molar-refractivity contribution is -0.118. The molecule has 0 saturated heterocycles. The fourth-order valence-corrected chi connectivity index (χ4v) is 1.64. The van der Waals surface area contributed by atoms with E-state index < -0.39 is 0 Å². The van der Waals surface area contributed by atoms with Crippen LogP contribution < -0.4 is 14.8 Å². The third-order valence-electron chi connectivity index (χ3n) is 2.44. The number of carbonyl (C=O) groups excluding carboxylic acids is 1. The van der Waals surface area contributed by atoms with Crippen LogP contribution >= 0.6 is 11.6 Å². The number of ether oxygens (including phenoxy) is 2. The average Bonchev–Trinajstić information content (AvgIpc) is 2.48. The highest BCUT2D eigenvalue weighted by molar-refractivity contribution is 6.29. The summed E-state index contributed by atoms with van der Waals surface area (Å²) in [5.74, 6) is 0.799. The first-order valence-corrected chi connectivity index (χ1v) is 6.24. The average molecular weight is 293 g/mol. The molecule has 0 fully saturated rings. The Kier molecular flexibility index (Phi) is 4.79. The van der Waals surface area contributed by atoms with Gasteiger partial charge in [0.05, 0.1) is 19.0 Å². The number of amides is 1. The van der Waals surface area contributed by atoms with Gasteiger partial charge in [-0.3, -0.25) is 4.79 Å². The molecule has 0 aliphatic heterocycles. The quantitative estimate of drug-likeness (QED) is 0.861. The molecule has 0 aliphatic rings. The minimum Gasteiger partial charge on any atom is -0.493 e. The Morgan fingerprint density at radius 2 is 2.00 bits per heavy atom. The van der Waals surface area contributed by atoms with Crippen LogP contribution in [0.4, 0.5) is 5.69 Å². The minimum absolute atomic E-state index is 0.122. The number of methoxy groups -OCH3 is 1. The number of rotatable bonds is 5. The zero-order valence-corrected chi connectivity index (χ0v) is 11.6. The third-order valence-corrected chi connectivity index (χ3v) is 2.66. The highest BCUT2D eigenvalue weighted by Gasteiger charge is 2.07. The number of aromatic nitrogens is 1. The number of benzene rings is 1. The molecule has 1 aromatic heterocycles. The standard InChI is InChI=1S/C14H13ClN2O3/c1-19-11-4-2-3-5-12(11)20-9-14(18)17-10-6-7-13(15)16-8-10/h2-8H,9H2,1H3,(H,17,18). The Balaban J connectivity index is 1.90. The summed E-state index contributed by atoms with van der Waals surface area (Å²) in [7, 11) is 1.54. The second-order valence-corrected chi connectivity index (χ2v) is 4.24. The number of nitrogens with one attached hydrogen (secondary N) is 1. The van der Waals surface area contributed by atoms with Gasteiger partial charge >= 0.3 is 0 Å². The van der Waals surface area contributed by atoms with Crippen LogP contribution in [0, 0.1) is 0 Å². The smallest absolute Gasteiger partial charge is 0.262 e. The van der Waals surface area contributed by atoms with Crippen molar-refractivity contribution in [3.8, 4) is 11.5 Å². The summed E-state index contributed by atoms with van der Waals surface area (Å²) in [6.45, 7) is -0.122. The second-order valence-electron chi connectivity index (χ2n) is 3.86. The highest BCUT2D eigenvalue weighted by atomic mass is 35.5. The van der Waals surface area contributed by atoms with E-state index in [2.05, 4.69) is 10.3 Å². The number of nitrogens with zero attached hydrogens (tertiary/aromatic N) is 1. The van der Waals surface area contributed by atoms with E-state index >= 15 is 0 Å². The van der Waals surface area contributed by atoms with Crippen LogP contribution in [0.15, 0.2) is 42.6 Å². The van der Waals surface area contributed by atoms with E-state index in [-0.39, 0.29) is 12.5 Å². The van der Waals surface area contributed by atoms with Crippen LogP contribution in [-0.4, -0.2) is 24.6 Å². The molecule has 2 rings (SSSR count). The summed E-state index contributed by atoms with van der Waals surface area (Å²) in [5.41, 5.74) is 0.558. The molecule has 1 aromatic carbocycles. The summed E-state index contributed by atoms with van der Waals surface area (Å²) >= 11 is 5.66. The van der Waals surface area contributed by atoms with Crippen LogP contribution in [0.3, 0.4) is 0 Å². The van der Waals surface area contributed by atoms with Gasteiger partial charge in [-0.2, -0.15) is 0 Å². The lowest BCUT2D eigenvalue weighted by Crippen LogP contribution is -2.20. The van der Waals surface area contributed by atoms with Gasteiger partial charge in [0.25, 0.3) is 5.91 Å². The zero-order valence-electron chi connectivity index (χ0n) is 10.8. The molecule has 104 valence electrons. The van der Waals surface area contributed by atoms with Crippen molar-refractivity contribution in [2.45, 2.75) is 0 Å². The number of halogens is 1. The van der Waals surface area contributed by atoms with Crippen LogP contribution in [0.5, 0.6) is 11.5 Å². The molecule has 0 aliphatic carbocycles. The fraction of sp³-hybridized carbons (Fsp3) is 0.143. The van der Waals surface area contributed by atoms with Gasteiger partial charge in [0.1, 0.15) is 5.15 Å². The SMILES string of the molecule is COc1ccccc1OCC(=O)Nc1ccc(Cl)nc1. The van der Waals surface area contributed by atoms with E-state index in [0.717, 1.165) is 0 Å². The maximum atomic E-state index is 11.7. The van der Waals surface area contributed by atoms with E-state index in [0.29, 0.717) is 22.3 Å². The summed E-state index contributed by atoms with van der Waals surface area (Å²) < 4.78 is 10.5. The number of para-hydroxylation sites is 2. The number of anilines is 1. The van der Waals surface area contributed by atoms with Crippen LogP contribution in [0.2, 0.25) is 5.15 Å². The molecule has 0 saturated carbocycles. The predicted octanol–water partition coefficient (Wildman–Crippen LogP) is 2.76. The van der Waals surface area contributed by atoms with E-state index in [1.807, 2.05) is 6.07 Å². The molecule has 0 atom stereocenters. The van der Waals surface area contributed by atoms with Gasteiger partial charge in [0.15, 0.2) is 18.1 Å². The molecule has 5 nitrogen and oxygen atoms in total. The topological polar surface area (TPSA) is 60.5 Å². The molecule has 0 bridgehead atoms. The molecule has 0 spiro atoms. The summed E-state index contributed by atoms with van der Waals surface area (Å²) in [5, 5.41) is 3.02. The Labute approximate surface area is 121 Å². The van der Waals surface area contributed by atoms with Gasteiger partial charge in [-0.1, -0.05) is 23.7 Å². The van der Waals surface area contributed by atoms with Gasteiger partial charge in [0.2, 0.25) is 0 Å². The molecule has 2 aromatic rings. The minimum atomic E-state index is -0.292. The van der Waals surface area contributed by atoms with Gasteiger partial charge in [-0.25, -0.2) is 4.98 Å². The van der Waals surface area contributed by atoms with Gasteiger partial charge < -0.3 is 14.8 Å². The largest absolute Gasteiger partial charge is 0.493 e. The van der Waals surface area contributed by atoms with Crippen LogP contribution in [-0.2, 0) is 4.79 Å². The maximum absolute atomic E-state index is 11.7. The van der Waals surface area contributed by atoms with Crippen molar-refractivity contribution in [3.63, 3.8) is 0 Å².